The van der Waals surface area contributed by atoms with E-state index in [0.717, 1.165) is 41.9 Å². The zero-order valence-corrected chi connectivity index (χ0v) is 15.9. The number of H-pyrrole nitrogens is 1. The lowest BCUT2D eigenvalue weighted by molar-refractivity contribution is 0.0732. The van der Waals surface area contributed by atoms with Crippen molar-refractivity contribution in [2.75, 3.05) is 6.54 Å². The molecule has 0 saturated heterocycles. The second kappa shape index (κ2) is 7.93. The van der Waals surface area contributed by atoms with Crippen molar-refractivity contribution in [3.63, 3.8) is 0 Å². The third kappa shape index (κ3) is 3.43. The zero-order valence-electron chi connectivity index (χ0n) is 15.9. The summed E-state index contributed by atoms with van der Waals surface area (Å²) in [5.41, 5.74) is 4.77. The molecule has 3 aromatic rings. The first kappa shape index (κ1) is 18.4. The molecular weight excluding hydrogens is 356 g/mol. The van der Waals surface area contributed by atoms with Gasteiger partial charge in [0.25, 0.3) is 5.91 Å². The third-order valence-electron chi connectivity index (χ3n) is 5.16. The Hall–Kier alpha value is -3.00. The lowest BCUT2D eigenvalue weighted by atomic mass is 10.0. The Morgan fingerprint density at radius 3 is 3.00 bits per heavy atom. The Bertz CT molecular complexity index is 963. The summed E-state index contributed by atoms with van der Waals surface area (Å²) in [7, 11) is 0. The summed E-state index contributed by atoms with van der Waals surface area (Å²) in [4.78, 5) is 15.1. The number of hydrogen-bond donors (Lipinski definition) is 2. The van der Waals surface area contributed by atoms with Crippen LogP contribution in [0.3, 0.4) is 0 Å². The van der Waals surface area contributed by atoms with Crippen LogP contribution in [0.1, 0.15) is 52.8 Å². The molecule has 0 unspecified atom stereocenters. The summed E-state index contributed by atoms with van der Waals surface area (Å²) in [6, 6.07) is 7.46. The fourth-order valence-corrected chi connectivity index (χ4v) is 3.57. The van der Waals surface area contributed by atoms with E-state index in [4.69, 9.17) is 0 Å². The largest absolute Gasteiger partial charge is 0.390 e. The number of aromatic nitrogens is 5. The average molecular weight is 380 g/mol. The third-order valence-corrected chi connectivity index (χ3v) is 5.16. The second-order valence-corrected chi connectivity index (χ2v) is 7.04. The van der Waals surface area contributed by atoms with Crippen LogP contribution in [0, 0.1) is 0 Å². The highest BCUT2D eigenvalue weighted by Gasteiger charge is 2.27. The van der Waals surface area contributed by atoms with Crippen molar-refractivity contribution in [3.05, 3.63) is 58.7 Å². The van der Waals surface area contributed by atoms with E-state index in [-0.39, 0.29) is 12.5 Å². The molecule has 8 nitrogen and oxygen atoms in total. The van der Waals surface area contributed by atoms with Crippen LogP contribution in [0.5, 0.6) is 0 Å². The monoisotopic (exact) mass is 380 g/mol. The summed E-state index contributed by atoms with van der Waals surface area (Å²) < 4.78 is 1.69. The first-order valence-corrected chi connectivity index (χ1v) is 9.67. The number of benzene rings is 1. The van der Waals surface area contributed by atoms with E-state index in [1.165, 1.54) is 0 Å². The highest BCUT2D eigenvalue weighted by atomic mass is 16.3. The lowest BCUT2D eigenvalue weighted by Gasteiger charge is -2.27. The molecule has 0 aliphatic carbocycles. The van der Waals surface area contributed by atoms with Crippen molar-refractivity contribution >= 4 is 5.91 Å². The molecule has 2 N–H and O–H groups in total. The molecule has 28 heavy (non-hydrogen) atoms. The first-order chi connectivity index (χ1) is 13.7. The number of para-hydroxylation sites is 1. The molecule has 0 atom stereocenters. The predicted octanol–water partition coefficient (Wildman–Crippen LogP) is 2.02. The summed E-state index contributed by atoms with van der Waals surface area (Å²) in [5.74, 6) is -0.0584. The Labute approximate surface area is 163 Å². The Morgan fingerprint density at radius 1 is 1.32 bits per heavy atom. The fraction of sp³-hybridized carbons (Fsp3) is 0.400. The van der Waals surface area contributed by atoms with Crippen molar-refractivity contribution in [1.29, 1.82) is 0 Å². The smallest absolute Gasteiger partial charge is 0.256 e. The van der Waals surface area contributed by atoms with Gasteiger partial charge in [0.1, 0.15) is 0 Å². The van der Waals surface area contributed by atoms with Crippen LogP contribution >= 0.6 is 0 Å². The summed E-state index contributed by atoms with van der Waals surface area (Å²) >= 11 is 0. The van der Waals surface area contributed by atoms with Gasteiger partial charge in [0.2, 0.25) is 0 Å². The minimum absolute atomic E-state index is 0.0584. The highest BCUT2D eigenvalue weighted by Crippen LogP contribution is 2.24. The van der Waals surface area contributed by atoms with E-state index < -0.39 is 0 Å². The first-order valence-electron chi connectivity index (χ1n) is 9.67. The maximum Gasteiger partial charge on any atom is 0.256 e. The van der Waals surface area contributed by atoms with Crippen LogP contribution in [-0.4, -0.2) is 47.6 Å². The van der Waals surface area contributed by atoms with Gasteiger partial charge in [0, 0.05) is 30.8 Å². The van der Waals surface area contributed by atoms with E-state index >= 15 is 0 Å². The quantitative estimate of drug-likeness (QED) is 0.681. The van der Waals surface area contributed by atoms with Gasteiger partial charge >= 0.3 is 0 Å². The van der Waals surface area contributed by atoms with E-state index in [2.05, 4.69) is 27.4 Å². The van der Waals surface area contributed by atoms with Crippen LogP contribution < -0.4 is 0 Å². The van der Waals surface area contributed by atoms with Gasteiger partial charge in [-0.2, -0.15) is 5.10 Å². The number of fused-ring (bicyclic) bond motifs is 1. The molecular formula is C20H24N6O2. The SMILES string of the molecule is CCCCc1cn(-c2ccccc2C(=O)N2CCc3[nH]nc(CO)c3C2)nn1. The maximum absolute atomic E-state index is 13.3. The Kier molecular flexibility index (Phi) is 5.21. The molecule has 2 aromatic heterocycles. The molecule has 0 radical (unpaired) electrons. The molecule has 0 bridgehead atoms. The number of amides is 1. The molecule has 1 aliphatic rings. The van der Waals surface area contributed by atoms with Gasteiger partial charge in [-0.05, 0) is 25.0 Å². The minimum Gasteiger partial charge on any atom is -0.390 e. The van der Waals surface area contributed by atoms with Gasteiger partial charge in [-0.1, -0.05) is 30.7 Å². The molecule has 0 saturated carbocycles. The van der Waals surface area contributed by atoms with E-state index in [1.54, 1.807) is 9.58 Å². The van der Waals surface area contributed by atoms with Gasteiger partial charge in [-0.15, -0.1) is 5.10 Å². The number of aryl methyl sites for hydroxylation is 1. The Morgan fingerprint density at radius 2 is 2.18 bits per heavy atom. The highest BCUT2D eigenvalue weighted by molar-refractivity contribution is 5.97. The number of aromatic amines is 1. The molecule has 8 heteroatoms. The van der Waals surface area contributed by atoms with Gasteiger partial charge in [-0.3, -0.25) is 9.89 Å². The van der Waals surface area contributed by atoms with Gasteiger partial charge in [0.05, 0.1) is 35.4 Å². The number of unbranched alkanes of at least 4 members (excludes halogenated alkanes) is 1. The normalized spacial score (nSPS) is 13.6. The topological polar surface area (TPSA) is 99.9 Å². The molecule has 1 aliphatic heterocycles. The van der Waals surface area contributed by atoms with Crippen molar-refractivity contribution in [2.45, 2.75) is 45.8 Å². The van der Waals surface area contributed by atoms with E-state index in [0.29, 0.717) is 30.8 Å². The van der Waals surface area contributed by atoms with Gasteiger partial charge < -0.3 is 10.0 Å². The number of carbonyl (C=O) groups is 1. The van der Waals surface area contributed by atoms with Crippen LogP contribution in [0.2, 0.25) is 0 Å². The molecule has 0 fully saturated rings. The van der Waals surface area contributed by atoms with Crippen molar-refractivity contribution in [2.24, 2.45) is 0 Å². The number of carbonyl (C=O) groups excluding carboxylic acids is 1. The molecule has 1 aromatic carbocycles. The second-order valence-electron chi connectivity index (χ2n) is 7.04. The summed E-state index contributed by atoms with van der Waals surface area (Å²) in [6.07, 6.45) is 5.64. The maximum atomic E-state index is 13.3. The van der Waals surface area contributed by atoms with Crippen molar-refractivity contribution < 1.29 is 9.90 Å². The molecule has 3 heterocycles. The molecule has 0 spiro atoms. The van der Waals surface area contributed by atoms with Crippen molar-refractivity contribution in [3.8, 4) is 5.69 Å². The number of nitrogens with zero attached hydrogens (tertiary/aromatic N) is 5. The van der Waals surface area contributed by atoms with E-state index in [9.17, 15) is 9.90 Å². The predicted molar refractivity (Wildman–Crippen MR) is 103 cm³/mol. The zero-order chi connectivity index (χ0) is 19.5. The number of rotatable bonds is 6. The number of aliphatic hydroxyl groups excluding tert-OH is 1. The Balaban J connectivity index is 1.60. The van der Waals surface area contributed by atoms with Crippen LogP contribution in [0.15, 0.2) is 30.5 Å². The number of hydrogen-bond acceptors (Lipinski definition) is 5. The lowest BCUT2D eigenvalue weighted by Crippen LogP contribution is -2.36. The van der Waals surface area contributed by atoms with Crippen LogP contribution in [0.25, 0.3) is 5.69 Å². The van der Waals surface area contributed by atoms with Gasteiger partial charge in [0.15, 0.2) is 0 Å². The summed E-state index contributed by atoms with van der Waals surface area (Å²) in [6.45, 7) is 3.05. The van der Waals surface area contributed by atoms with E-state index in [1.807, 2.05) is 30.5 Å². The average Bonchev–Trinajstić information content (AvgIpc) is 3.38. The van der Waals surface area contributed by atoms with Crippen molar-refractivity contribution in [1.82, 2.24) is 30.1 Å². The minimum atomic E-state index is -0.135. The fourth-order valence-electron chi connectivity index (χ4n) is 3.57. The number of nitrogens with one attached hydrogen (secondary N) is 1. The standard InChI is InChI=1S/C20H24N6O2/c1-2-3-6-14-11-26(24-21-14)19-8-5-4-7-15(19)20(28)25-10-9-17-16(12-25)18(13-27)23-22-17/h4-5,7-8,11,27H,2-3,6,9-10,12-13H2,1H3,(H,22,23). The number of aliphatic hydroxyl groups is 1. The van der Waals surface area contributed by atoms with Crippen LogP contribution in [-0.2, 0) is 26.0 Å². The van der Waals surface area contributed by atoms with Gasteiger partial charge in [-0.25, -0.2) is 4.68 Å². The van der Waals surface area contributed by atoms with Crippen LogP contribution in [0.4, 0.5) is 0 Å². The molecule has 1 amide bonds. The molecule has 146 valence electrons. The molecule has 4 rings (SSSR count). The summed E-state index contributed by atoms with van der Waals surface area (Å²) in [5, 5.41) is 25.0.